The van der Waals surface area contributed by atoms with Crippen molar-refractivity contribution in [1.82, 2.24) is 4.72 Å². The third-order valence-corrected chi connectivity index (χ3v) is 6.37. The molecule has 0 radical (unpaired) electrons. The maximum atomic E-state index is 13.0. The van der Waals surface area contributed by atoms with Crippen LogP contribution in [0.2, 0.25) is 5.02 Å². The second-order valence-electron chi connectivity index (χ2n) is 6.58. The lowest BCUT2D eigenvalue weighted by atomic mass is 10.1. The molecule has 0 saturated carbocycles. The molecule has 2 N–H and O–H groups in total. The highest BCUT2D eigenvalue weighted by atomic mass is 35.5. The fourth-order valence-corrected chi connectivity index (χ4v) is 4.25. The quantitative estimate of drug-likeness (QED) is 0.592. The average molecular weight is 429 g/mol. The van der Waals surface area contributed by atoms with E-state index in [9.17, 15) is 13.2 Å². The summed E-state index contributed by atoms with van der Waals surface area (Å²) in [6.07, 6.45) is 0.207. The Hall–Kier alpha value is -2.67. The molecular formula is C22H21ClN2O3S. The predicted molar refractivity (Wildman–Crippen MR) is 116 cm³/mol. The van der Waals surface area contributed by atoms with E-state index in [2.05, 4.69) is 10.0 Å². The molecule has 1 amide bonds. The van der Waals surface area contributed by atoms with Gasteiger partial charge in [0.2, 0.25) is 15.9 Å². The Labute approximate surface area is 175 Å². The van der Waals surface area contributed by atoms with Gasteiger partial charge in [0.1, 0.15) is 6.04 Å². The fraction of sp³-hybridized carbons (Fsp3) is 0.136. The van der Waals surface area contributed by atoms with Crippen LogP contribution >= 0.6 is 11.6 Å². The molecule has 0 bridgehead atoms. The van der Waals surface area contributed by atoms with Gasteiger partial charge in [-0.3, -0.25) is 4.79 Å². The normalized spacial score (nSPS) is 12.3. The van der Waals surface area contributed by atoms with E-state index < -0.39 is 22.0 Å². The molecule has 7 heteroatoms. The predicted octanol–water partition coefficient (Wildman–Crippen LogP) is 4.18. The van der Waals surface area contributed by atoms with Crippen molar-refractivity contribution >= 4 is 33.2 Å². The molecule has 0 aliphatic heterocycles. The minimum Gasteiger partial charge on any atom is -0.324 e. The van der Waals surface area contributed by atoms with E-state index >= 15 is 0 Å². The first-order valence-corrected chi connectivity index (χ1v) is 10.9. The molecule has 0 spiro atoms. The number of anilines is 1. The first-order valence-electron chi connectivity index (χ1n) is 9.04. The molecule has 150 valence electrons. The summed E-state index contributed by atoms with van der Waals surface area (Å²) < 4.78 is 28.1. The lowest BCUT2D eigenvalue weighted by Gasteiger charge is -2.20. The van der Waals surface area contributed by atoms with Crippen LogP contribution in [0.1, 0.15) is 11.1 Å². The second-order valence-corrected chi connectivity index (χ2v) is 8.70. The maximum absolute atomic E-state index is 13.0. The number of hydrogen-bond donors (Lipinski definition) is 2. The third kappa shape index (κ3) is 5.44. The Kier molecular flexibility index (Phi) is 6.69. The molecule has 3 aromatic carbocycles. The Bertz CT molecular complexity index is 1090. The number of sulfonamides is 1. The molecule has 3 aromatic rings. The number of benzene rings is 3. The molecule has 29 heavy (non-hydrogen) atoms. The van der Waals surface area contributed by atoms with E-state index in [4.69, 9.17) is 11.6 Å². The van der Waals surface area contributed by atoms with Crippen molar-refractivity contribution in [2.24, 2.45) is 0 Å². The summed E-state index contributed by atoms with van der Waals surface area (Å²) >= 11 is 6.13. The topological polar surface area (TPSA) is 75.3 Å². The van der Waals surface area contributed by atoms with Crippen LogP contribution in [0.25, 0.3) is 0 Å². The molecule has 0 aliphatic rings. The number of halogens is 1. The van der Waals surface area contributed by atoms with Gasteiger partial charge in [0.25, 0.3) is 0 Å². The summed E-state index contributed by atoms with van der Waals surface area (Å²) in [5, 5.41) is 3.32. The first kappa shape index (κ1) is 21.0. The smallest absolute Gasteiger partial charge is 0.242 e. The van der Waals surface area contributed by atoms with Gasteiger partial charge in [0.05, 0.1) is 4.90 Å². The van der Waals surface area contributed by atoms with Gasteiger partial charge >= 0.3 is 0 Å². The average Bonchev–Trinajstić information content (AvgIpc) is 2.72. The van der Waals surface area contributed by atoms with Crippen molar-refractivity contribution in [2.45, 2.75) is 24.3 Å². The lowest BCUT2D eigenvalue weighted by molar-refractivity contribution is -0.117. The van der Waals surface area contributed by atoms with Crippen LogP contribution in [-0.2, 0) is 21.2 Å². The highest BCUT2D eigenvalue weighted by Crippen LogP contribution is 2.23. The Morgan fingerprint density at radius 2 is 1.55 bits per heavy atom. The van der Waals surface area contributed by atoms with Crippen molar-refractivity contribution in [1.29, 1.82) is 0 Å². The SMILES string of the molecule is Cc1c(Cl)cccc1NC(=O)[C@H](Cc1ccccc1)NS(=O)(=O)c1ccccc1. The van der Waals surface area contributed by atoms with Crippen molar-refractivity contribution in [3.05, 3.63) is 95.0 Å². The van der Waals surface area contributed by atoms with Crippen molar-refractivity contribution in [2.75, 3.05) is 5.32 Å². The zero-order valence-corrected chi connectivity index (χ0v) is 17.4. The standard InChI is InChI=1S/C22H21ClN2O3S/c1-16-19(23)13-8-14-20(16)24-22(26)21(15-17-9-4-2-5-10-17)25-29(27,28)18-11-6-3-7-12-18/h2-14,21,25H,15H2,1H3,(H,24,26)/t21-/m0/s1. The van der Waals surface area contributed by atoms with E-state index in [1.54, 1.807) is 43.3 Å². The minimum absolute atomic E-state index is 0.102. The van der Waals surface area contributed by atoms with Crippen LogP contribution in [0, 0.1) is 6.92 Å². The van der Waals surface area contributed by atoms with Gasteiger partial charge in [0, 0.05) is 10.7 Å². The van der Waals surface area contributed by atoms with E-state index in [0.29, 0.717) is 16.3 Å². The van der Waals surface area contributed by atoms with Crippen molar-refractivity contribution in [3.8, 4) is 0 Å². The summed E-state index contributed by atoms with van der Waals surface area (Å²) in [7, 11) is -3.87. The fourth-order valence-electron chi connectivity index (χ4n) is 2.86. The molecule has 5 nitrogen and oxygen atoms in total. The second kappa shape index (κ2) is 9.22. The zero-order valence-electron chi connectivity index (χ0n) is 15.8. The summed E-state index contributed by atoms with van der Waals surface area (Å²) in [5.41, 5.74) is 2.09. The molecule has 1 atom stereocenters. The van der Waals surface area contributed by atoms with Crippen molar-refractivity contribution in [3.63, 3.8) is 0 Å². The molecule has 0 fully saturated rings. The number of hydrogen-bond acceptors (Lipinski definition) is 3. The summed E-state index contributed by atoms with van der Waals surface area (Å²) in [4.78, 5) is 13.1. The van der Waals surface area contributed by atoms with Crippen LogP contribution in [0.3, 0.4) is 0 Å². The van der Waals surface area contributed by atoms with Crippen LogP contribution in [-0.4, -0.2) is 20.4 Å². The number of rotatable bonds is 7. The van der Waals surface area contributed by atoms with Crippen LogP contribution in [0.15, 0.2) is 83.8 Å². The summed E-state index contributed by atoms with van der Waals surface area (Å²) in [5.74, 6) is -0.460. The minimum atomic E-state index is -3.87. The highest BCUT2D eigenvalue weighted by Gasteiger charge is 2.26. The summed E-state index contributed by atoms with van der Waals surface area (Å²) in [6.45, 7) is 1.79. The van der Waals surface area contributed by atoms with Crippen LogP contribution < -0.4 is 10.0 Å². The number of amides is 1. The highest BCUT2D eigenvalue weighted by molar-refractivity contribution is 7.89. The first-order chi connectivity index (χ1) is 13.9. The molecule has 3 rings (SSSR count). The Balaban J connectivity index is 1.88. The molecule has 0 aromatic heterocycles. The van der Waals surface area contributed by atoms with E-state index in [-0.39, 0.29) is 11.3 Å². The van der Waals surface area contributed by atoms with E-state index in [1.165, 1.54) is 12.1 Å². The van der Waals surface area contributed by atoms with Crippen molar-refractivity contribution < 1.29 is 13.2 Å². The number of carbonyl (C=O) groups excluding carboxylic acids is 1. The zero-order chi connectivity index (χ0) is 20.9. The van der Waals surface area contributed by atoms with E-state index in [1.807, 2.05) is 30.3 Å². The van der Waals surface area contributed by atoms with Gasteiger partial charge in [-0.05, 0) is 48.7 Å². The van der Waals surface area contributed by atoms with Gasteiger partial charge in [-0.25, -0.2) is 8.42 Å². The molecular weight excluding hydrogens is 408 g/mol. The van der Waals surface area contributed by atoms with Gasteiger partial charge in [0.15, 0.2) is 0 Å². The lowest BCUT2D eigenvalue weighted by Crippen LogP contribution is -2.45. The third-order valence-electron chi connectivity index (χ3n) is 4.48. The maximum Gasteiger partial charge on any atom is 0.242 e. The van der Waals surface area contributed by atoms with Gasteiger partial charge in [-0.1, -0.05) is 66.2 Å². The molecule has 0 heterocycles. The van der Waals surface area contributed by atoms with Crippen LogP contribution in [0.4, 0.5) is 5.69 Å². The summed E-state index contributed by atoms with van der Waals surface area (Å²) in [6, 6.07) is 21.4. The van der Waals surface area contributed by atoms with Gasteiger partial charge in [-0.15, -0.1) is 0 Å². The Morgan fingerprint density at radius 1 is 0.931 bits per heavy atom. The van der Waals surface area contributed by atoms with Crippen LogP contribution in [0.5, 0.6) is 0 Å². The van der Waals surface area contributed by atoms with Gasteiger partial charge < -0.3 is 5.32 Å². The van der Waals surface area contributed by atoms with Gasteiger partial charge in [-0.2, -0.15) is 4.72 Å². The van der Waals surface area contributed by atoms with E-state index in [0.717, 1.165) is 5.56 Å². The monoisotopic (exact) mass is 428 g/mol. The number of nitrogens with one attached hydrogen (secondary N) is 2. The number of carbonyl (C=O) groups is 1. The Morgan fingerprint density at radius 3 is 2.21 bits per heavy atom. The molecule has 0 saturated heterocycles. The molecule has 0 aliphatic carbocycles. The largest absolute Gasteiger partial charge is 0.324 e. The molecule has 0 unspecified atom stereocenters.